The maximum atomic E-state index is 14.3. The Morgan fingerprint density at radius 1 is 1.50 bits per heavy atom. The van der Waals surface area contributed by atoms with Gasteiger partial charge in [0, 0.05) is 18.8 Å². The number of hydrogen-bond donors (Lipinski definition) is 0. The van der Waals surface area contributed by atoms with Crippen LogP contribution in [0.2, 0.25) is 0 Å². The molecule has 0 radical (unpaired) electrons. The summed E-state index contributed by atoms with van der Waals surface area (Å²) in [6.45, 7) is 4.98. The van der Waals surface area contributed by atoms with E-state index in [9.17, 15) is 4.39 Å². The first kappa shape index (κ1) is 12.8. The van der Waals surface area contributed by atoms with Gasteiger partial charge in [0.05, 0.1) is 35.1 Å². The number of halogens is 2. The van der Waals surface area contributed by atoms with E-state index in [1.807, 2.05) is 17.8 Å². The second-order valence-corrected chi connectivity index (χ2v) is 6.24. The van der Waals surface area contributed by atoms with Crippen LogP contribution >= 0.6 is 22.6 Å². The first-order valence-corrected chi connectivity index (χ1v) is 7.40. The van der Waals surface area contributed by atoms with Crippen LogP contribution in [-0.2, 0) is 4.74 Å². The fourth-order valence-electron chi connectivity index (χ4n) is 2.69. The monoisotopic (exact) mass is 365 g/mol. The predicted octanol–water partition coefficient (Wildman–Crippen LogP) is 1.78. The predicted molar refractivity (Wildman–Crippen MR) is 74.4 cm³/mol. The van der Waals surface area contributed by atoms with Gasteiger partial charge in [-0.1, -0.05) is 0 Å². The molecule has 0 bridgehead atoms. The van der Waals surface area contributed by atoms with Crippen LogP contribution in [-0.4, -0.2) is 53.2 Å². The highest BCUT2D eigenvalue weighted by Gasteiger charge is 2.36. The van der Waals surface area contributed by atoms with Crippen molar-refractivity contribution in [1.82, 2.24) is 14.7 Å². The number of ether oxygens (including phenoxy) is 1. The van der Waals surface area contributed by atoms with Crippen molar-refractivity contribution < 1.29 is 9.13 Å². The number of nitrogens with zero attached hydrogens (tertiary/aromatic N) is 3. The van der Waals surface area contributed by atoms with Crippen molar-refractivity contribution in [3.63, 3.8) is 0 Å². The summed E-state index contributed by atoms with van der Waals surface area (Å²) in [5, 5.41) is 4.32. The van der Waals surface area contributed by atoms with Gasteiger partial charge in [-0.3, -0.25) is 9.58 Å². The first-order chi connectivity index (χ1) is 8.66. The largest absolute Gasteiger partial charge is 0.378 e. The zero-order valence-electron chi connectivity index (χ0n) is 10.4. The van der Waals surface area contributed by atoms with Crippen LogP contribution in [0.3, 0.4) is 0 Å². The Morgan fingerprint density at radius 3 is 2.78 bits per heavy atom. The number of likely N-dealkylation sites (tertiary alicyclic amines) is 1. The van der Waals surface area contributed by atoms with Gasteiger partial charge in [-0.15, -0.1) is 0 Å². The summed E-state index contributed by atoms with van der Waals surface area (Å²) < 4.78 is 22.5. The molecule has 0 spiro atoms. The third-order valence-electron chi connectivity index (χ3n) is 3.97. The molecule has 1 aromatic heterocycles. The molecule has 0 aromatic carbocycles. The van der Waals surface area contributed by atoms with Gasteiger partial charge in [-0.25, -0.2) is 4.39 Å². The van der Waals surface area contributed by atoms with Crippen molar-refractivity contribution in [3.8, 4) is 0 Å². The summed E-state index contributed by atoms with van der Waals surface area (Å²) >= 11 is 2.25. The second-order valence-electron chi connectivity index (χ2n) is 5.08. The minimum atomic E-state index is -0.839. The van der Waals surface area contributed by atoms with E-state index in [2.05, 4.69) is 32.6 Å². The van der Waals surface area contributed by atoms with Gasteiger partial charge in [-0.2, -0.15) is 5.10 Å². The summed E-state index contributed by atoms with van der Waals surface area (Å²) in [5.41, 5.74) is 1.07. The lowest BCUT2D eigenvalue weighted by atomic mass is 10.0. The number of piperidine rings is 1. The van der Waals surface area contributed by atoms with E-state index in [1.54, 1.807) is 0 Å². The number of hydrogen-bond acceptors (Lipinski definition) is 3. The zero-order chi connectivity index (χ0) is 12.7. The molecule has 2 aliphatic rings. The first-order valence-electron chi connectivity index (χ1n) is 6.32. The standard InChI is InChI=1S/C12H17FIN3O/c1-8-11(14)4-15-17(8)12-2-3-16(5-10(12)13)9-6-18-7-9/h4,9-10,12H,2-3,5-7H2,1H3/t10-,12-/m0/s1. The third-order valence-corrected chi connectivity index (χ3v) is 5.03. The lowest BCUT2D eigenvalue weighted by molar-refractivity contribution is -0.0848. The highest BCUT2D eigenvalue weighted by atomic mass is 127. The topological polar surface area (TPSA) is 30.3 Å². The molecule has 0 saturated carbocycles. The smallest absolute Gasteiger partial charge is 0.135 e. The van der Waals surface area contributed by atoms with E-state index in [1.165, 1.54) is 0 Å². The van der Waals surface area contributed by atoms with E-state index in [0.717, 1.165) is 35.4 Å². The van der Waals surface area contributed by atoms with Crippen molar-refractivity contribution >= 4 is 22.6 Å². The summed E-state index contributed by atoms with van der Waals surface area (Å²) in [6, 6.07) is 0.328. The summed E-state index contributed by atoms with van der Waals surface area (Å²) in [7, 11) is 0. The van der Waals surface area contributed by atoms with Crippen LogP contribution in [0, 0.1) is 10.5 Å². The molecule has 2 aliphatic heterocycles. The Balaban J connectivity index is 1.70. The van der Waals surface area contributed by atoms with Crippen molar-refractivity contribution in [2.75, 3.05) is 26.3 Å². The molecule has 3 rings (SSSR count). The SMILES string of the molecule is Cc1c(I)cnn1[C@H]1CCN(C2COC2)C[C@@H]1F. The van der Waals surface area contributed by atoms with E-state index in [4.69, 9.17) is 4.74 Å². The van der Waals surface area contributed by atoms with Crippen molar-refractivity contribution in [1.29, 1.82) is 0 Å². The van der Waals surface area contributed by atoms with E-state index in [0.29, 0.717) is 12.6 Å². The molecule has 100 valence electrons. The molecule has 4 nitrogen and oxygen atoms in total. The Kier molecular flexibility index (Phi) is 3.59. The lowest BCUT2D eigenvalue weighted by Gasteiger charge is -2.42. The molecule has 0 aliphatic carbocycles. The highest BCUT2D eigenvalue weighted by molar-refractivity contribution is 14.1. The van der Waals surface area contributed by atoms with Gasteiger partial charge in [0.25, 0.3) is 0 Å². The fourth-order valence-corrected chi connectivity index (χ4v) is 3.07. The van der Waals surface area contributed by atoms with Crippen molar-refractivity contribution in [2.45, 2.75) is 31.6 Å². The summed E-state index contributed by atoms with van der Waals surface area (Å²) in [6.07, 6.45) is 1.80. The van der Waals surface area contributed by atoms with Crippen LogP contribution in [0.15, 0.2) is 6.20 Å². The average Bonchev–Trinajstić information content (AvgIpc) is 2.58. The minimum absolute atomic E-state index is 0.106. The molecule has 3 heterocycles. The highest BCUT2D eigenvalue weighted by Crippen LogP contribution is 2.29. The van der Waals surface area contributed by atoms with Crippen LogP contribution < -0.4 is 0 Å². The van der Waals surface area contributed by atoms with Crippen LogP contribution in [0.4, 0.5) is 4.39 Å². The van der Waals surface area contributed by atoms with Crippen LogP contribution in [0.25, 0.3) is 0 Å². The minimum Gasteiger partial charge on any atom is -0.378 e. The molecule has 0 unspecified atom stereocenters. The van der Waals surface area contributed by atoms with Gasteiger partial charge >= 0.3 is 0 Å². The molecule has 6 heteroatoms. The number of alkyl halides is 1. The van der Waals surface area contributed by atoms with Crippen molar-refractivity contribution in [3.05, 3.63) is 15.5 Å². The zero-order valence-corrected chi connectivity index (χ0v) is 12.5. The Morgan fingerprint density at radius 2 is 2.28 bits per heavy atom. The third kappa shape index (κ3) is 2.18. The molecular weight excluding hydrogens is 348 g/mol. The summed E-state index contributed by atoms with van der Waals surface area (Å²) in [5.74, 6) is 0. The molecule has 0 N–H and O–H groups in total. The lowest BCUT2D eigenvalue weighted by Crippen LogP contribution is -2.55. The van der Waals surface area contributed by atoms with E-state index >= 15 is 0 Å². The molecule has 2 fully saturated rings. The van der Waals surface area contributed by atoms with Gasteiger partial charge in [0.1, 0.15) is 6.17 Å². The number of rotatable bonds is 2. The van der Waals surface area contributed by atoms with Gasteiger partial charge in [-0.05, 0) is 35.9 Å². The Bertz CT molecular complexity index is 435. The van der Waals surface area contributed by atoms with Crippen LogP contribution in [0.5, 0.6) is 0 Å². The molecular formula is C12H17FIN3O. The molecule has 18 heavy (non-hydrogen) atoms. The molecule has 2 saturated heterocycles. The number of aromatic nitrogens is 2. The maximum Gasteiger partial charge on any atom is 0.135 e. The molecule has 1 aromatic rings. The molecule has 2 atom stereocenters. The van der Waals surface area contributed by atoms with Crippen molar-refractivity contribution in [2.24, 2.45) is 0 Å². The Labute approximate surface area is 120 Å². The Hall–Kier alpha value is -0.210. The summed E-state index contributed by atoms with van der Waals surface area (Å²) in [4.78, 5) is 2.22. The average molecular weight is 365 g/mol. The normalized spacial score (nSPS) is 30.4. The van der Waals surface area contributed by atoms with E-state index < -0.39 is 6.17 Å². The van der Waals surface area contributed by atoms with Gasteiger partial charge in [0.15, 0.2) is 0 Å². The maximum absolute atomic E-state index is 14.3. The van der Waals surface area contributed by atoms with Gasteiger partial charge < -0.3 is 4.74 Å². The second kappa shape index (κ2) is 5.05. The quantitative estimate of drug-likeness (QED) is 0.749. The fraction of sp³-hybridized carbons (Fsp3) is 0.750. The van der Waals surface area contributed by atoms with E-state index in [-0.39, 0.29) is 6.04 Å². The van der Waals surface area contributed by atoms with Crippen LogP contribution in [0.1, 0.15) is 18.2 Å². The van der Waals surface area contributed by atoms with Gasteiger partial charge in [0.2, 0.25) is 0 Å². The molecule has 0 amide bonds.